The van der Waals surface area contributed by atoms with Gasteiger partial charge in [-0.3, -0.25) is 4.79 Å². The summed E-state index contributed by atoms with van der Waals surface area (Å²) in [6.45, 7) is 9.12. The van der Waals surface area contributed by atoms with Gasteiger partial charge in [0.1, 0.15) is 5.75 Å². The lowest BCUT2D eigenvalue weighted by atomic mass is 9.95. The number of H-pyrrole nitrogens is 1. The van der Waals surface area contributed by atoms with Gasteiger partial charge in [0.2, 0.25) is 0 Å². The van der Waals surface area contributed by atoms with Crippen LogP contribution in [0, 0.1) is 0 Å². The van der Waals surface area contributed by atoms with E-state index in [1.807, 2.05) is 26.0 Å². The van der Waals surface area contributed by atoms with Crippen molar-refractivity contribution in [2.24, 2.45) is 0 Å². The number of hydrogen-bond acceptors (Lipinski definition) is 3. The molecule has 2 aromatic rings. The Hall–Kier alpha value is -3.08. The van der Waals surface area contributed by atoms with Gasteiger partial charge in [0.05, 0.1) is 5.39 Å². The van der Waals surface area contributed by atoms with E-state index in [1.54, 1.807) is 30.5 Å². The van der Waals surface area contributed by atoms with Crippen LogP contribution in [0.25, 0.3) is 16.3 Å². The Morgan fingerprint density at radius 3 is 2.68 bits per heavy atom. The molecule has 25 heavy (non-hydrogen) atoms. The van der Waals surface area contributed by atoms with Crippen LogP contribution in [-0.4, -0.2) is 22.2 Å². The summed E-state index contributed by atoms with van der Waals surface area (Å²) >= 11 is 0. The monoisotopic (exact) mass is 339 g/mol. The molecule has 1 heterocycles. The van der Waals surface area contributed by atoms with Crippen molar-refractivity contribution in [1.29, 1.82) is 0 Å². The molecule has 0 spiro atoms. The number of rotatable bonds is 6. The van der Waals surface area contributed by atoms with Crippen molar-refractivity contribution in [3.05, 3.63) is 70.7 Å². The average molecular weight is 339 g/mol. The van der Waals surface area contributed by atoms with Crippen LogP contribution < -0.4 is 10.3 Å². The lowest BCUT2D eigenvalue weighted by molar-refractivity contribution is -0.144. The maximum atomic E-state index is 12.2. The van der Waals surface area contributed by atoms with Crippen LogP contribution in [0.5, 0.6) is 5.75 Å². The molecule has 0 aliphatic rings. The number of aliphatic carboxylic acids is 1. The number of aromatic nitrogens is 1. The third kappa shape index (κ3) is 3.88. The van der Waals surface area contributed by atoms with Crippen molar-refractivity contribution in [3.63, 3.8) is 0 Å². The largest absolute Gasteiger partial charge is 0.479 e. The first kappa shape index (κ1) is 18.3. The topological polar surface area (TPSA) is 79.4 Å². The number of pyridine rings is 1. The fourth-order valence-corrected chi connectivity index (χ4v) is 2.50. The van der Waals surface area contributed by atoms with Crippen molar-refractivity contribution in [3.8, 4) is 5.75 Å². The first-order chi connectivity index (χ1) is 11.9. The van der Waals surface area contributed by atoms with E-state index in [0.29, 0.717) is 11.1 Å². The number of ether oxygens (including phenoxy) is 1. The number of hydrogen-bond donors (Lipinski definition) is 2. The molecule has 0 saturated heterocycles. The van der Waals surface area contributed by atoms with Gasteiger partial charge in [-0.25, -0.2) is 4.79 Å². The van der Waals surface area contributed by atoms with Gasteiger partial charge in [-0.1, -0.05) is 24.8 Å². The molecule has 0 aliphatic carbocycles. The first-order valence-electron chi connectivity index (χ1n) is 7.90. The molecular weight excluding hydrogens is 318 g/mol. The van der Waals surface area contributed by atoms with Crippen LogP contribution in [0.4, 0.5) is 0 Å². The number of aromatic amines is 1. The first-order valence-corrected chi connectivity index (χ1v) is 7.90. The van der Waals surface area contributed by atoms with Gasteiger partial charge in [0.15, 0.2) is 6.10 Å². The van der Waals surface area contributed by atoms with E-state index in [9.17, 15) is 9.59 Å². The standard InChI is InChI=1S/C20H21NO4/c1-5-7-15(12(3)6-2)18-11-21-19(22)17-10-14(8-9-16(17)18)25-13(4)20(23)24/h5-11,13H,1H2,2-4H3,(H,21,22)(H,23,24)/b12-6-,15-7+. The maximum absolute atomic E-state index is 12.2. The number of carbonyl (C=O) groups is 1. The van der Waals surface area contributed by atoms with Gasteiger partial charge < -0.3 is 14.8 Å². The van der Waals surface area contributed by atoms with Crippen LogP contribution in [0.15, 0.2) is 59.6 Å². The molecule has 5 nitrogen and oxygen atoms in total. The molecule has 130 valence electrons. The molecule has 2 N–H and O–H groups in total. The highest BCUT2D eigenvalue weighted by molar-refractivity contribution is 5.97. The molecule has 1 atom stereocenters. The predicted octanol–water partition coefficient (Wildman–Crippen LogP) is 3.92. The van der Waals surface area contributed by atoms with E-state index in [2.05, 4.69) is 11.6 Å². The van der Waals surface area contributed by atoms with Gasteiger partial charge in [-0.05, 0) is 55.5 Å². The van der Waals surface area contributed by atoms with Gasteiger partial charge in [0.25, 0.3) is 5.56 Å². The van der Waals surface area contributed by atoms with E-state index < -0.39 is 12.1 Å². The lowest BCUT2D eigenvalue weighted by Crippen LogP contribution is -2.23. The Morgan fingerprint density at radius 2 is 2.08 bits per heavy atom. The number of allylic oxidation sites excluding steroid dienone is 5. The maximum Gasteiger partial charge on any atom is 0.344 e. The molecule has 1 aromatic carbocycles. The molecule has 1 aromatic heterocycles. The summed E-state index contributed by atoms with van der Waals surface area (Å²) in [5.74, 6) is -0.732. The van der Waals surface area contributed by atoms with Crippen molar-refractivity contribution in [2.45, 2.75) is 26.9 Å². The fraction of sp³-hybridized carbons (Fsp3) is 0.200. The molecule has 0 saturated carbocycles. The van der Waals surface area contributed by atoms with Crippen molar-refractivity contribution >= 4 is 22.3 Å². The van der Waals surface area contributed by atoms with Crippen molar-refractivity contribution in [2.75, 3.05) is 0 Å². The number of nitrogens with one attached hydrogen (secondary N) is 1. The van der Waals surface area contributed by atoms with Crippen LogP contribution in [-0.2, 0) is 4.79 Å². The second-order valence-electron chi connectivity index (χ2n) is 5.62. The second kappa shape index (κ2) is 7.66. The van der Waals surface area contributed by atoms with Gasteiger partial charge in [-0.2, -0.15) is 0 Å². The zero-order valence-electron chi connectivity index (χ0n) is 14.5. The molecule has 0 bridgehead atoms. The molecule has 0 radical (unpaired) electrons. The van der Waals surface area contributed by atoms with Gasteiger partial charge >= 0.3 is 5.97 Å². The van der Waals surface area contributed by atoms with E-state index in [4.69, 9.17) is 9.84 Å². The Kier molecular flexibility index (Phi) is 5.60. The lowest BCUT2D eigenvalue weighted by Gasteiger charge is -2.14. The van der Waals surface area contributed by atoms with Gasteiger partial charge in [-0.15, -0.1) is 0 Å². The Morgan fingerprint density at radius 1 is 1.36 bits per heavy atom. The summed E-state index contributed by atoms with van der Waals surface area (Å²) in [5.41, 5.74) is 2.60. The van der Waals surface area contributed by atoms with Gasteiger partial charge in [0, 0.05) is 11.8 Å². The summed E-state index contributed by atoms with van der Waals surface area (Å²) in [5, 5.41) is 10.2. The van der Waals surface area contributed by atoms with E-state index in [0.717, 1.165) is 22.1 Å². The minimum atomic E-state index is -1.07. The van der Waals surface area contributed by atoms with Crippen molar-refractivity contribution in [1.82, 2.24) is 4.98 Å². The smallest absolute Gasteiger partial charge is 0.344 e. The summed E-state index contributed by atoms with van der Waals surface area (Å²) < 4.78 is 5.36. The molecule has 0 amide bonds. The SMILES string of the molecule is C=C/C=C(\C(C)=C/C)c1c[nH]c(=O)c2cc(OC(C)C(=O)O)ccc12. The summed E-state index contributed by atoms with van der Waals surface area (Å²) in [6, 6.07) is 5.00. The van der Waals surface area contributed by atoms with E-state index in [1.165, 1.54) is 6.92 Å². The number of carboxylic acid groups (broad SMARTS) is 1. The molecule has 5 heteroatoms. The number of fused-ring (bicyclic) bond motifs is 1. The Labute approximate surface area is 146 Å². The summed E-state index contributed by atoms with van der Waals surface area (Å²) in [7, 11) is 0. The highest BCUT2D eigenvalue weighted by Gasteiger charge is 2.15. The summed E-state index contributed by atoms with van der Waals surface area (Å²) in [4.78, 5) is 25.9. The van der Waals surface area contributed by atoms with Crippen LogP contribution in [0.2, 0.25) is 0 Å². The van der Waals surface area contributed by atoms with Crippen LogP contribution in [0.1, 0.15) is 26.3 Å². The second-order valence-corrected chi connectivity index (χ2v) is 5.62. The number of carboxylic acids is 1. The molecule has 2 rings (SSSR count). The molecule has 1 unspecified atom stereocenters. The quantitative estimate of drug-likeness (QED) is 0.782. The zero-order valence-corrected chi connectivity index (χ0v) is 14.5. The fourth-order valence-electron chi connectivity index (χ4n) is 2.50. The number of benzene rings is 1. The zero-order chi connectivity index (χ0) is 18.6. The normalized spacial score (nSPS) is 13.6. The van der Waals surface area contributed by atoms with E-state index in [-0.39, 0.29) is 5.56 Å². The Bertz CT molecular complexity index is 934. The highest BCUT2D eigenvalue weighted by atomic mass is 16.5. The molecule has 0 fully saturated rings. The Balaban J connectivity index is 2.64. The highest BCUT2D eigenvalue weighted by Crippen LogP contribution is 2.30. The summed E-state index contributed by atoms with van der Waals surface area (Å²) in [6.07, 6.45) is 6.25. The minimum Gasteiger partial charge on any atom is -0.479 e. The average Bonchev–Trinajstić information content (AvgIpc) is 2.60. The van der Waals surface area contributed by atoms with E-state index >= 15 is 0 Å². The van der Waals surface area contributed by atoms with Crippen LogP contribution in [0.3, 0.4) is 0 Å². The molecular formula is C20H21NO4. The predicted molar refractivity (Wildman–Crippen MR) is 99.9 cm³/mol. The third-order valence-corrected chi connectivity index (χ3v) is 3.97. The third-order valence-electron chi connectivity index (χ3n) is 3.97. The van der Waals surface area contributed by atoms with Crippen molar-refractivity contribution < 1.29 is 14.6 Å². The minimum absolute atomic E-state index is 0.261. The van der Waals surface area contributed by atoms with Crippen LogP contribution >= 0.6 is 0 Å². The molecule has 0 aliphatic heterocycles.